The molecule has 8 nitrogen and oxygen atoms in total. The summed E-state index contributed by atoms with van der Waals surface area (Å²) >= 11 is 0. The molecule has 1 aromatic heterocycles. The van der Waals surface area contributed by atoms with Crippen molar-refractivity contribution >= 4 is 15.9 Å². The van der Waals surface area contributed by atoms with E-state index in [0.29, 0.717) is 37.7 Å². The molecule has 0 bridgehead atoms. The summed E-state index contributed by atoms with van der Waals surface area (Å²) in [4.78, 5) is 17.9. The van der Waals surface area contributed by atoms with E-state index in [1.54, 1.807) is 18.7 Å². The second-order valence-corrected chi connectivity index (χ2v) is 10.6. The number of hydrogen-bond donors (Lipinski definition) is 0. The lowest BCUT2D eigenvalue weighted by molar-refractivity contribution is -0.138. The van der Waals surface area contributed by atoms with Crippen molar-refractivity contribution in [3.05, 3.63) is 11.9 Å². The van der Waals surface area contributed by atoms with Crippen LogP contribution < -0.4 is 0 Å². The largest absolute Gasteiger partial charge is 0.342 e. The van der Waals surface area contributed by atoms with Gasteiger partial charge in [-0.15, -0.1) is 0 Å². The number of carbonyl (C=O) groups excluding carboxylic acids is 1. The highest BCUT2D eigenvalue weighted by Gasteiger charge is 2.36. The van der Waals surface area contributed by atoms with E-state index in [-0.39, 0.29) is 16.7 Å². The van der Waals surface area contributed by atoms with Gasteiger partial charge in [0.15, 0.2) is 0 Å². The number of hydrogen-bond acceptors (Lipinski definition) is 5. The number of sulfonamides is 1. The van der Waals surface area contributed by atoms with Gasteiger partial charge in [-0.25, -0.2) is 8.42 Å². The lowest BCUT2D eigenvalue weighted by Gasteiger charge is -2.39. The zero-order valence-corrected chi connectivity index (χ0v) is 18.4. The monoisotopic (exact) mass is 423 g/mol. The summed E-state index contributed by atoms with van der Waals surface area (Å²) in [5, 5.41) is 4.06. The minimum Gasteiger partial charge on any atom is -0.342 e. The van der Waals surface area contributed by atoms with E-state index >= 15 is 0 Å². The fourth-order valence-corrected chi connectivity index (χ4v) is 6.69. The van der Waals surface area contributed by atoms with Gasteiger partial charge in [0.2, 0.25) is 15.9 Å². The van der Waals surface area contributed by atoms with Gasteiger partial charge < -0.3 is 9.80 Å². The van der Waals surface area contributed by atoms with Crippen LogP contribution in [0.25, 0.3) is 0 Å². The van der Waals surface area contributed by atoms with Gasteiger partial charge in [0, 0.05) is 45.2 Å². The molecule has 0 unspecified atom stereocenters. The van der Waals surface area contributed by atoms with Crippen LogP contribution in [-0.4, -0.2) is 83.5 Å². The third-order valence-electron chi connectivity index (χ3n) is 7.04. The van der Waals surface area contributed by atoms with E-state index in [1.165, 1.54) is 36.4 Å². The van der Waals surface area contributed by atoms with Gasteiger partial charge in [-0.2, -0.15) is 9.40 Å². The van der Waals surface area contributed by atoms with Crippen LogP contribution in [0.15, 0.2) is 11.1 Å². The van der Waals surface area contributed by atoms with E-state index in [2.05, 4.69) is 10.00 Å². The molecule has 29 heavy (non-hydrogen) atoms. The first-order chi connectivity index (χ1) is 13.9. The summed E-state index contributed by atoms with van der Waals surface area (Å²) in [7, 11) is -1.80. The molecular formula is C20H33N5O3S. The van der Waals surface area contributed by atoms with Crippen LogP contribution >= 0.6 is 0 Å². The van der Waals surface area contributed by atoms with E-state index in [4.69, 9.17) is 0 Å². The molecule has 0 N–H and O–H groups in total. The quantitative estimate of drug-likeness (QED) is 0.728. The van der Waals surface area contributed by atoms with Gasteiger partial charge in [-0.3, -0.25) is 9.48 Å². The van der Waals surface area contributed by atoms with E-state index < -0.39 is 10.0 Å². The van der Waals surface area contributed by atoms with Crippen molar-refractivity contribution in [3.8, 4) is 0 Å². The molecule has 0 radical (unpaired) electrons. The highest BCUT2D eigenvalue weighted by atomic mass is 32.2. The number of amides is 1. The molecule has 4 rings (SSSR count). The van der Waals surface area contributed by atoms with Gasteiger partial charge in [-0.1, -0.05) is 0 Å². The Balaban J connectivity index is 1.30. The molecule has 1 aromatic rings. The van der Waals surface area contributed by atoms with Gasteiger partial charge in [0.1, 0.15) is 4.90 Å². The Morgan fingerprint density at radius 1 is 1.00 bits per heavy atom. The molecule has 0 saturated carbocycles. The molecule has 3 fully saturated rings. The molecule has 0 spiro atoms. The van der Waals surface area contributed by atoms with Gasteiger partial charge >= 0.3 is 0 Å². The smallest absolute Gasteiger partial charge is 0.246 e. The number of rotatable bonds is 4. The Bertz CT molecular complexity index is 830. The third kappa shape index (κ3) is 4.09. The summed E-state index contributed by atoms with van der Waals surface area (Å²) in [6, 6.07) is 0.635. The van der Waals surface area contributed by atoms with Gasteiger partial charge in [0.05, 0.1) is 11.9 Å². The van der Waals surface area contributed by atoms with Crippen LogP contribution in [0.5, 0.6) is 0 Å². The minimum absolute atomic E-state index is 0.0558. The molecule has 3 aliphatic heterocycles. The van der Waals surface area contributed by atoms with Crippen LogP contribution in [0.1, 0.15) is 44.2 Å². The SMILES string of the molecule is Cc1c(S(=O)(=O)N2CCC(C(=O)N3CCC(N4CCCC4)CC3)CC2)cnn1C. The third-order valence-corrected chi connectivity index (χ3v) is 9.05. The van der Waals surface area contributed by atoms with Crippen LogP contribution in [0, 0.1) is 12.8 Å². The fourth-order valence-electron chi connectivity index (χ4n) is 5.03. The molecule has 0 atom stereocenters. The minimum atomic E-state index is -3.54. The van der Waals surface area contributed by atoms with Crippen molar-refractivity contribution in [1.82, 2.24) is 23.9 Å². The number of carbonyl (C=O) groups is 1. The van der Waals surface area contributed by atoms with Gasteiger partial charge in [0.25, 0.3) is 0 Å². The predicted molar refractivity (Wildman–Crippen MR) is 110 cm³/mol. The van der Waals surface area contributed by atoms with Crippen molar-refractivity contribution < 1.29 is 13.2 Å². The number of aryl methyl sites for hydroxylation is 1. The standard InChI is InChI=1S/C20H33N5O3S/c1-16-19(15-21-22(16)2)29(27,28)25-13-5-17(6-14-25)20(26)24-11-7-18(8-12-24)23-9-3-4-10-23/h15,17-18H,3-14H2,1-2H3. The Hall–Kier alpha value is -1.45. The summed E-state index contributed by atoms with van der Waals surface area (Å²) in [6.07, 6.45) is 7.37. The lowest BCUT2D eigenvalue weighted by atomic mass is 9.94. The van der Waals surface area contributed by atoms with Crippen molar-refractivity contribution in [1.29, 1.82) is 0 Å². The van der Waals surface area contributed by atoms with Crippen LogP contribution in [-0.2, 0) is 21.9 Å². The Morgan fingerprint density at radius 2 is 1.62 bits per heavy atom. The van der Waals surface area contributed by atoms with Crippen molar-refractivity contribution in [2.45, 2.75) is 56.4 Å². The number of likely N-dealkylation sites (tertiary alicyclic amines) is 2. The average molecular weight is 424 g/mol. The molecular weight excluding hydrogens is 390 g/mol. The summed E-state index contributed by atoms with van der Waals surface area (Å²) in [5.41, 5.74) is 0.643. The fraction of sp³-hybridized carbons (Fsp3) is 0.800. The second-order valence-electron chi connectivity index (χ2n) is 8.70. The number of piperidine rings is 2. The zero-order valence-electron chi connectivity index (χ0n) is 17.6. The Morgan fingerprint density at radius 3 is 2.17 bits per heavy atom. The van der Waals surface area contributed by atoms with E-state index in [1.807, 2.05) is 4.90 Å². The Labute approximate surface area is 173 Å². The first kappa shape index (κ1) is 20.8. The number of nitrogens with zero attached hydrogens (tertiary/aromatic N) is 5. The maximum Gasteiger partial charge on any atom is 0.246 e. The zero-order chi connectivity index (χ0) is 20.6. The molecule has 3 aliphatic rings. The molecule has 9 heteroatoms. The molecule has 0 aliphatic carbocycles. The Kier molecular flexibility index (Phi) is 5.99. The highest BCUT2D eigenvalue weighted by molar-refractivity contribution is 7.89. The predicted octanol–water partition coefficient (Wildman–Crippen LogP) is 1.22. The van der Waals surface area contributed by atoms with E-state index in [9.17, 15) is 13.2 Å². The average Bonchev–Trinajstić information content (AvgIpc) is 3.39. The lowest BCUT2D eigenvalue weighted by Crippen LogP contribution is -2.49. The molecule has 1 amide bonds. The first-order valence-electron chi connectivity index (χ1n) is 10.9. The van der Waals surface area contributed by atoms with Crippen LogP contribution in [0.3, 0.4) is 0 Å². The van der Waals surface area contributed by atoms with Gasteiger partial charge in [-0.05, 0) is 58.5 Å². The first-order valence-corrected chi connectivity index (χ1v) is 12.3. The van der Waals surface area contributed by atoms with Crippen molar-refractivity contribution in [2.75, 3.05) is 39.3 Å². The molecule has 0 aromatic carbocycles. The normalized spacial score (nSPS) is 23.7. The molecule has 162 valence electrons. The summed E-state index contributed by atoms with van der Waals surface area (Å²) in [6.45, 7) is 6.67. The maximum atomic E-state index is 13.0. The maximum absolute atomic E-state index is 13.0. The van der Waals surface area contributed by atoms with Crippen molar-refractivity contribution in [3.63, 3.8) is 0 Å². The van der Waals surface area contributed by atoms with Crippen molar-refractivity contribution in [2.24, 2.45) is 13.0 Å². The van der Waals surface area contributed by atoms with E-state index in [0.717, 1.165) is 25.9 Å². The topological polar surface area (TPSA) is 78.8 Å². The molecule has 4 heterocycles. The highest BCUT2D eigenvalue weighted by Crippen LogP contribution is 2.28. The summed E-state index contributed by atoms with van der Waals surface area (Å²) < 4.78 is 29.0. The van der Waals surface area contributed by atoms with Crippen LogP contribution in [0.2, 0.25) is 0 Å². The summed E-state index contributed by atoms with van der Waals surface area (Å²) in [5.74, 6) is 0.166. The number of aromatic nitrogens is 2. The van der Waals surface area contributed by atoms with Crippen LogP contribution in [0.4, 0.5) is 0 Å². The second kappa shape index (κ2) is 8.35. The molecule has 3 saturated heterocycles.